The van der Waals surface area contributed by atoms with Crippen LogP contribution in [0.4, 0.5) is 0 Å². The van der Waals surface area contributed by atoms with E-state index >= 15 is 0 Å². The summed E-state index contributed by atoms with van der Waals surface area (Å²) in [5, 5.41) is 17.9. The van der Waals surface area contributed by atoms with E-state index in [-0.39, 0.29) is 50.1 Å². The predicted molar refractivity (Wildman–Crippen MR) is 85.2 cm³/mol. The molecule has 0 aliphatic carbocycles. The Morgan fingerprint density at radius 3 is 1.22 bits per heavy atom. The lowest BCUT2D eigenvalue weighted by molar-refractivity contribution is -0.148. The van der Waals surface area contributed by atoms with Gasteiger partial charge in [0.25, 0.3) is 0 Å². The molecule has 0 rings (SSSR count). The molecule has 0 fully saturated rings. The van der Waals surface area contributed by atoms with Gasteiger partial charge >= 0.3 is 11.9 Å². The third-order valence-corrected chi connectivity index (χ3v) is 4.13. The number of carboxylic acid groups (broad SMARTS) is 2. The minimum atomic E-state index is -0.929. The van der Waals surface area contributed by atoms with Crippen molar-refractivity contribution in [3.05, 3.63) is 0 Å². The van der Waals surface area contributed by atoms with Gasteiger partial charge < -0.3 is 10.2 Å². The standard InChI is InChI=1S/C17H28O6/c1-16(2,14(20)21)10-8-12(18)6-5-7-13(19)9-11-17(3,4)15(22)23/h5-11H2,1-4H3,(H,20,21)(H,22,23). The van der Waals surface area contributed by atoms with Crippen LogP contribution in [0.25, 0.3) is 0 Å². The third kappa shape index (κ3) is 8.47. The highest BCUT2D eigenvalue weighted by atomic mass is 16.4. The molecule has 0 radical (unpaired) electrons. The molecule has 0 aliphatic rings. The quantitative estimate of drug-likeness (QED) is 0.570. The highest BCUT2D eigenvalue weighted by Gasteiger charge is 2.28. The van der Waals surface area contributed by atoms with E-state index < -0.39 is 22.8 Å². The van der Waals surface area contributed by atoms with Crippen molar-refractivity contribution >= 4 is 23.5 Å². The average molecular weight is 328 g/mol. The molecule has 0 saturated heterocycles. The van der Waals surface area contributed by atoms with Gasteiger partial charge in [-0.25, -0.2) is 0 Å². The molecule has 0 aliphatic heterocycles. The number of ketones is 2. The zero-order valence-corrected chi connectivity index (χ0v) is 14.5. The van der Waals surface area contributed by atoms with E-state index in [2.05, 4.69) is 0 Å². The van der Waals surface area contributed by atoms with Crippen LogP contribution >= 0.6 is 0 Å². The highest BCUT2D eigenvalue weighted by Crippen LogP contribution is 2.24. The Morgan fingerprint density at radius 1 is 0.652 bits per heavy atom. The van der Waals surface area contributed by atoms with Crippen LogP contribution in [-0.2, 0) is 19.2 Å². The number of rotatable bonds is 12. The van der Waals surface area contributed by atoms with E-state index in [0.29, 0.717) is 6.42 Å². The van der Waals surface area contributed by atoms with Crippen molar-refractivity contribution in [2.75, 3.05) is 0 Å². The predicted octanol–water partition coefficient (Wildman–Crippen LogP) is 3.08. The van der Waals surface area contributed by atoms with E-state index in [0.717, 1.165) is 0 Å². The van der Waals surface area contributed by atoms with Crippen molar-refractivity contribution < 1.29 is 29.4 Å². The molecule has 0 amide bonds. The Balaban J connectivity index is 3.98. The molecule has 0 aromatic rings. The van der Waals surface area contributed by atoms with Crippen molar-refractivity contribution in [3.63, 3.8) is 0 Å². The summed E-state index contributed by atoms with van der Waals surface area (Å²) < 4.78 is 0. The Morgan fingerprint density at radius 2 is 0.957 bits per heavy atom. The minimum Gasteiger partial charge on any atom is -0.481 e. The van der Waals surface area contributed by atoms with E-state index in [1.54, 1.807) is 27.7 Å². The van der Waals surface area contributed by atoms with Crippen molar-refractivity contribution in [1.82, 2.24) is 0 Å². The summed E-state index contributed by atoms with van der Waals surface area (Å²) in [6.07, 6.45) is 1.88. The molecule has 0 spiro atoms. The number of carboxylic acids is 2. The molecule has 0 aromatic heterocycles. The first-order chi connectivity index (χ1) is 10.4. The van der Waals surface area contributed by atoms with Gasteiger partial charge in [-0.05, 0) is 47.0 Å². The number of Topliss-reactive ketones (excluding diaryl/α,β-unsaturated/α-hetero) is 2. The molecule has 2 N–H and O–H groups in total. The molecule has 0 unspecified atom stereocenters. The number of carbonyl (C=O) groups is 4. The van der Waals surface area contributed by atoms with Gasteiger partial charge in [0.1, 0.15) is 11.6 Å². The Labute approximate surface area is 137 Å². The van der Waals surface area contributed by atoms with E-state index in [1.807, 2.05) is 0 Å². The first-order valence-electron chi connectivity index (χ1n) is 7.89. The summed E-state index contributed by atoms with van der Waals surface area (Å²) in [5.41, 5.74) is -1.85. The zero-order chi connectivity index (χ0) is 18.3. The van der Waals surface area contributed by atoms with Gasteiger partial charge in [0.2, 0.25) is 0 Å². The molecule has 23 heavy (non-hydrogen) atoms. The third-order valence-electron chi connectivity index (χ3n) is 4.13. The Hall–Kier alpha value is -1.72. The van der Waals surface area contributed by atoms with Gasteiger partial charge in [-0.2, -0.15) is 0 Å². The van der Waals surface area contributed by atoms with Gasteiger partial charge in [0.15, 0.2) is 0 Å². The number of aliphatic carboxylic acids is 2. The van der Waals surface area contributed by atoms with Crippen LogP contribution in [0.2, 0.25) is 0 Å². The summed E-state index contributed by atoms with van der Waals surface area (Å²) in [6, 6.07) is 0. The van der Waals surface area contributed by atoms with Crippen LogP contribution in [0.1, 0.15) is 72.6 Å². The second-order valence-electron chi connectivity index (χ2n) is 7.31. The molecular formula is C17H28O6. The SMILES string of the molecule is CC(C)(CCC(=O)CCCC(=O)CCC(C)(C)C(=O)O)C(=O)O. The Bertz CT molecular complexity index is 420. The fraction of sp³-hybridized carbons (Fsp3) is 0.765. The molecule has 6 nitrogen and oxygen atoms in total. The first kappa shape index (κ1) is 21.3. The molecule has 0 atom stereocenters. The summed E-state index contributed by atoms with van der Waals surface area (Å²) in [7, 11) is 0. The van der Waals surface area contributed by atoms with Crippen molar-refractivity contribution in [2.24, 2.45) is 10.8 Å². The van der Waals surface area contributed by atoms with Crippen LogP contribution in [0, 0.1) is 10.8 Å². The number of hydrogen-bond donors (Lipinski definition) is 2. The molecule has 0 aromatic carbocycles. The van der Waals surface area contributed by atoms with Crippen LogP contribution in [-0.4, -0.2) is 33.7 Å². The van der Waals surface area contributed by atoms with Crippen LogP contribution in [0.5, 0.6) is 0 Å². The van der Waals surface area contributed by atoms with Crippen LogP contribution in [0.15, 0.2) is 0 Å². The lowest BCUT2D eigenvalue weighted by Crippen LogP contribution is -2.24. The Kier molecular flexibility index (Phi) is 8.14. The summed E-state index contributed by atoms with van der Waals surface area (Å²) in [5.74, 6) is -1.95. The first-order valence-corrected chi connectivity index (χ1v) is 7.89. The molecule has 0 bridgehead atoms. The fourth-order valence-electron chi connectivity index (χ4n) is 1.85. The number of hydrogen-bond acceptors (Lipinski definition) is 4. The van der Waals surface area contributed by atoms with Crippen molar-refractivity contribution in [1.29, 1.82) is 0 Å². The maximum atomic E-state index is 11.7. The summed E-state index contributed by atoms with van der Waals surface area (Å²) >= 11 is 0. The maximum absolute atomic E-state index is 11.7. The normalized spacial score (nSPS) is 12.0. The molecule has 6 heteroatoms. The topological polar surface area (TPSA) is 109 Å². The van der Waals surface area contributed by atoms with E-state index in [4.69, 9.17) is 10.2 Å². The van der Waals surface area contributed by atoms with Crippen molar-refractivity contribution in [3.8, 4) is 0 Å². The van der Waals surface area contributed by atoms with Gasteiger partial charge in [0.05, 0.1) is 10.8 Å². The largest absolute Gasteiger partial charge is 0.481 e. The van der Waals surface area contributed by atoms with E-state index in [9.17, 15) is 19.2 Å². The monoisotopic (exact) mass is 328 g/mol. The maximum Gasteiger partial charge on any atom is 0.309 e. The van der Waals surface area contributed by atoms with Crippen LogP contribution in [0.3, 0.4) is 0 Å². The molecule has 0 heterocycles. The van der Waals surface area contributed by atoms with Gasteiger partial charge in [0, 0.05) is 25.7 Å². The van der Waals surface area contributed by atoms with Gasteiger partial charge in [-0.1, -0.05) is 0 Å². The zero-order valence-electron chi connectivity index (χ0n) is 14.5. The van der Waals surface area contributed by atoms with E-state index in [1.165, 1.54) is 0 Å². The van der Waals surface area contributed by atoms with Gasteiger partial charge in [-0.3, -0.25) is 19.2 Å². The molecule has 0 saturated carbocycles. The van der Waals surface area contributed by atoms with Crippen LogP contribution < -0.4 is 0 Å². The van der Waals surface area contributed by atoms with Crippen molar-refractivity contribution in [2.45, 2.75) is 72.6 Å². The summed E-state index contributed by atoms with van der Waals surface area (Å²) in [6.45, 7) is 6.32. The highest BCUT2D eigenvalue weighted by molar-refractivity contribution is 5.82. The lowest BCUT2D eigenvalue weighted by atomic mass is 9.86. The molecular weight excluding hydrogens is 300 g/mol. The summed E-state index contributed by atoms with van der Waals surface area (Å²) in [4.78, 5) is 45.3. The molecule has 132 valence electrons. The van der Waals surface area contributed by atoms with Gasteiger partial charge in [-0.15, -0.1) is 0 Å². The smallest absolute Gasteiger partial charge is 0.309 e. The minimum absolute atomic E-state index is 0.0435. The second kappa shape index (κ2) is 8.79. The average Bonchev–Trinajstić information content (AvgIpc) is 2.43. The lowest BCUT2D eigenvalue weighted by Gasteiger charge is -2.18. The fourth-order valence-corrected chi connectivity index (χ4v) is 1.85. The number of carbonyl (C=O) groups excluding carboxylic acids is 2. The second-order valence-corrected chi connectivity index (χ2v) is 7.31.